The average molecular weight is 463 g/mol. The summed E-state index contributed by atoms with van der Waals surface area (Å²) in [4.78, 5) is 35.0. The number of nitrogens with one attached hydrogen (secondary N) is 1. The smallest absolute Gasteiger partial charge is 0.408 e. The van der Waals surface area contributed by atoms with Gasteiger partial charge >= 0.3 is 18.1 Å². The summed E-state index contributed by atoms with van der Waals surface area (Å²) in [6, 6.07) is 6.63. The van der Waals surface area contributed by atoms with Crippen molar-refractivity contribution in [2.75, 3.05) is 6.61 Å². The maximum absolute atomic E-state index is 13.3. The summed E-state index contributed by atoms with van der Waals surface area (Å²) in [5, 5.41) is 3.51. The van der Waals surface area contributed by atoms with E-state index in [1.807, 2.05) is 17.4 Å². The van der Waals surface area contributed by atoms with Crippen LogP contribution in [0.15, 0.2) is 46.2 Å². The lowest BCUT2D eigenvalue weighted by Gasteiger charge is -2.21. The summed E-state index contributed by atoms with van der Waals surface area (Å²) in [6.45, 7) is 4.15. The maximum Gasteiger partial charge on any atom is 0.408 e. The predicted octanol–water partition coefficient (Wildman–Crippen LogP) is 3.29. The van der Waals surface area contributed by atoms with Crippen molar-refractivity contribution in [3.05, 3.63) is 46.9 Å². The fourth-order valence-corrected chi connectivity index (χ4v) is 4.69. The molecule has 1 amide bonds. The molecule has 0 aliphatic carbocycles. The lowest BCUT2D eigenvalue weighted by molar-refractivity contribution is -0.157. The van der Waals surface area contributed by atoms with E-state index in [-0.39, 0.29) is 9.80 Å². The van der Waals surface area contributed by atoms with E-state index in [1.165, 1.54) is 12.1 Å². The Morgan fingerprint density at radius 3 is 2.44 bits per heavy atom. The molecule has 1 N–H and O–H groups in total. The van der Waals surface area contributed by atoms with Crippen LogP contribution in [0.5, 0.6) is 0 Å². The minimum absolute atomic E-state index is 0.0944. The second-order valence-electron chi connectivity index (χ2n) is 8.18. The first kappa shape index (κ1) is 23.4. The van der Waals surface area contributed by atoms with Crippen LogP contribution in [-0.4, -0.2) is 44.8 Å². The number of fused-ring (bicyclic) bond motifs is 3. The molecule has 0 fully saturated rings. The molecule has 0 unspecified atom stereocenters. The molecule has 1 heterocycles. The molecule has 1 aliphatic heterocycles. The molecule has 0 saturated carbocycles. The van der Waals surface area contributed by atoms with Crippen molar-refractivity contribution in [1.82, 2.24) is 5.32 Å². The van der Waals surface area contributed by atoms with E-state index < -0.39 is 52.6 Å². The second kappa shape index (κ2) is 8.70. The Hall–Kier alpha value is -3.27. The highest BCUT2D eigenvalue weighted by atomic mass is 32.2. The molecule has 1 atom stereocenters. The normalized spacial score (nSPS) is 15.4. The molecule has 0 radical (unpaired) electrons. The molecule has 32 heavy (non-hydrogen) atoms. The third-order valence-corrected chi connectivity index (χ3v) is 6.43. The lowest BCUT2D eigenvalue weighted by atomic mass is 10.0. The van der Waals surface area contributed by atoms with E-state index >= 15 is 0 Å². The van der Waals surface area contributed by atoms with Gasteiger partial charge in [-0.15, -0.1) is 0 Å². The fraction of sp³-hybridized carbons (Fsp3) is 0.318. The van der Waals surface area contributed by atoms with Crippen LogP contribution in [0.3, 0.4) is 0 Å². The number of ether oxygens (including phenoxy) is 2. The molecule has 2 aromatic rings. The number of esters is 1. The average Bonchev–Trinajstić information content (AvgIpc) is 2.94. The molecule has 0 bridgehead atoms. The molecular formula is C22H22FNO7S. The van der Waals surface area contributed by atoms with Crippen molar-refractivity contribution in [2.45, 2.75) is 43.7 Å². The molecule has 8 nitrogen and oxygen atoms in total. The van der Waals surface area contributed by atoms with E-state index in [1.54, 1.807) is 39.0 Å². The SMILES string of the molecule is CC(C)(C)OC(=O)C[C@H](NC(=O)OCC1=Cc2c(ccc3ccccc23)S1(=O)=O)C(=O)F. The summed E-state index contributed by atoms with van der Waals surface area (Å²) >= 11 is 0. The van der Waals surface area contributed by atoms with Gasteiger partial charge in [-0.3, -0.25) is 9.59 Å². The first-order chi connectivity index (χ1) is 14.9. The number of carbonyl (C=O) groups excluding carboxylic acids is 3. The topological polar surface area (TPSA) is 116 Å². The summed E-state index contributed by atoms with van der Waals surface area (Å²) in [5.41, 5.74) is -0.367. The molecule has 0 saturated heterocycles. The van der Waals surface area contributed by atoms with E-state index in [2.05, 4.69) is 0 Å². The van der Waals surface area contributed by atoms with Crippen LogP contribution in [0.1, 0.15) is 32.8 Å². The van der Waals surface area contributed by atoms with Crippen molar-refractivity contribution in [2.24, 2.45) is 0 Å². The highest BCUT2D eigenvalue weighted by molar-refractivity contribution is 7.95. The quantitative estimate of drug-likeness (QED) is 0.516. The third kappa shape index (κ3) is 5.13. The molecule has 170 valence electrons. The van der Waals surface area contributed by atoms with Crippen LogP contribution >= 0.6 is 0 Å². The molecule has 0 spiro atoms. The van der Waals surface area contributed by atoms with Gasteiger partial charge < -0.3 is 14.8 Å². The zero-order valence-electron chi connectivity index (χ0n) is 17.7. The first-order valence-electron chi connectivity index (χ1n) is 9.70. The monoisotopic (exact) mass is 463 g/mol. The van der Waals surface area contributed by atoms with Gasteiger partial charge in [0.25, 0.3) is 0 Å². The standard InChI is InChI=1S/C22H22FNO7S/c1-22(2,3)31-19(25)11-17(20(23)26)24-21(27)30-12-14-10-16-15-7-5-4-6-13(15)8-9-18(16)32(14,28)29/h4-10,17H,11-12H2,1-3H3,(H,24,27)/t17-/m0/s1. The first-order valence-corrected chi connectivity index (χ1v) is 11.2. The Balaban J connectivity index is 1.69. The van der Waals surface area contributed by atoms with Gasteiger partial charge in [-0.1, -0.05) is 30.3 Å². The summed E-state index contributed by atoms with van der Waals surface area (Å²) in [6.07, 6.45) is -0.569. The van der Waals surface area contributed by atoms with E-state index in [0.29, 0.717) is 5.56 Å². The van der Waals surface area contributed by atoms with Crippen LogP contribution < -0.4 is 5.32 Å². The molecular weight excluding hydrogens is 441 g/mol. The fourth-order valence-electron chi connectivity index (χ4n) is 3.22. The van der Waals surface area contributed by atoms with Gasteiger partial charge in [0.2, 0.25) is 9.84 Å². The van der Waals surface area contributed by atoms with Gasteiger partial charge in [0.1, 0.15) is 18.2 Å². The van der Waals surface area contributed by atoms with Crippen LogP contribution in [-0.2, 0) is 28.9 Å². The largest absolute Gasteiger partial charge is 0.460 e. The lowest BCUT2D eigenvalue weighted by Crippen LogP contribution is -2.42. The van der Waals surface area contributed by atoms with Crippen LogP contribution in [0.2, 0.25) is 0 Å². The summed E-state index contributed by atoms with van der Waals surface area (Å²) in [7, 11) is -3.88. The molecule has 10 heteroatoms. The van der Waals surface area contributed by atoms with Crippen molar-refractivity contribution >= 4 is 44.8 Å². The van der Waals surface area contributed by atoms with Crippen molar-refractivity contribution in [3.8, 4) is 0 Å². The maximum atomic E-state index is 13.3. The zero-order valence-corrected chi connectivity index (χ0v) is 18.5. The summed E-state index contributed by atoms with van der Waals surface area (Å²) < 4.78 is 48.8. The van der Waals surface area contributed by atoms with Crippen molar-refractivity contribution < 1.29 is 36.7 Å². The minimum atomic E-state index is -3.88. The Labute approximate surface area is 184 Å². The van der Waals surface area contributed by atoms with Crippen molar-refractivity contribution in [3.63, 3.8) is 0 Å². The third-order valence-electron chi connectivity index (χ3n) is 4.57. The second-order valence-corrected chi connectivity index (χ2v) is 10.2. The molecule has 3 rings (SSSR count). The van der Waals surface area contributed by atoms with E-state index in [0.717, 1.165) is 10.8 Å². The number of sulfone groups is 1. The van der Waals surface area contributed by atoms with Gasteiger partial charge in [0.05, 0.1) is 16.2 Å². The summed E-state index contributed by atoms with van der Waals surface area (Å²) in [5.74, 6) is -0.891. The number of amides is 1. The van der Waals surface area contributed by atoms with Gasteiger partial charge in [-0.2, -0.15) is 4.39 Å². The van der Waals surface area contributed by atoms with Crippen molar-refractivity contribution in [1.29, 1.82) is 0 Å². The van der Waals surface area contributed by atoms with Gasteiger partial charge in [0, 0.05) is 5.56 Å². The zero-order chi connectivity index (χ0) is 23.7. The Kier molecular flexibility index (Phi) is 6.36. The van der Waals surface area contributed by atoms with E-state index in [4.69, 9.17) is 9.47 Å². The van der Waals surface area contributed by atoms with E-state index in [9.17, 15) is 27.2 Å². The number of benzene rings is 2. The number of carbonyl (C=O) groups is 3. The molecule has 1 aliphatic rings. The van der Waals surface area contributed by atoms with Gasteiger partial charge in [-0.05, 0) is 43.7 Å². The number of alkyl carbamates (subject to hydrolysis) is 1. The van der Waals surface area contributed by atoms with Crippen LogP contribution in [0.25, 0.3) is 16.8 Å². The highest BCUT2D eigenvalue weighted by Gasteiger charge is 2.32. The minimum Gasteiger partial charge on any atom is -0.460 e. The molecule has 0 aromatic heterocycles. The number of hydrogen-bond donors (Lipinski definition) is 1. The number of halogens is 1. The Bertz CT molecular complexity index is 1230. The van der Waals surface area contributed by atoms with Crippen LogP contribution in [0, 0.1) is 0 Å². The van der Waals surface area contributed by atoms with Crippen LogP contribution in [0.4, 0.5) is 9.18 Å². The predicted molar refractivity (Wildman–Crippen MR) is 114 cm³/mol. The highest BCUT2D eigenvalue weighted by Crippen LogP contribution is 2.37. The number of rotatable bonds is 6. The molecule has 2 aromatic carbocycles. The van der Waals surface area contributed by atoms with Gasteiger partial charge in [0.15, 0.2) is 0 Å². The Morgan fingerprint density at radius 2 is 1.78 bits per heavy atom. The Morgan fingerprint density at radius 1 is 1.09 bits per heavy atom. The van der Waals surface area contributed by atoms with Gasteiger partial charge in [-0.25, -0.2) is 13.2 Å². The number of hydrogen-bond acceptors (Lipinski definition) is 7.